The first-order valence-corrected chi connectivity index (χ1v) is 17.8. The lowest BCUT2D eigenvalue weighted by atomic mass is 9.98. The second kappa shape index (κ2) is 13.8. The highest BCUT2D eigenvalue weighted by molar-refractivity contribution is 6.00. The smallest absolute Gasteiger partial charge is 0.200 e. The fraction of sp³-hybridized carbons (Fsp3) is 0. The molecule has 0 radical (unpaired) electrons. The lowest BCUT2D eigenvalue weighted by molar-refractivity contribution is 0.381. The van der Waals surface area contributed by atoms with Crippen LogP contribution in [-0.2, 0) is 0 Å². The van der Waals surface area contributed by atoms with Crippen molar-refractivity contribution >= 4 is 34.1 Å². The van der Waals surface area contributed by atoms with Crippen molar-refractivity contribution in [2.45, 2.75) is 0 Å². The number of hydrogen-bond donors (Lipinski definition) is 0. The van der Waals surface area contributed by atoms with Crippen LogP contribution in [0.3, 0.4) is 0 Å². The first kappa shape index (κ1) is 34.9. The van der Waals surface area contributed by atoms with Crippen molar-refractivity contribution < 1.29 is 22.0 Å². The second-order valence-corrected chi connectivity index (χ2v) is 13.5. The Labute approximate surface area is 319 Å². The van der Waals surface area contributed by atoms with E-state index in [1.807, 2.05) is 72.8 Å². The van der Waals surface area contributed by atoms with E-state index in [1.165, 1.54) is 24.3 Å². The topological polar surface area (TPSA) is 26.3 Å². The third-order valence-electron chi connectivity index (χ3n) is 10.3. The van der Waals surface area contributed by atoms with Gasteiger partial charge in [-0.3, -0.25) is 4.65 Å². The van der Waals surface area contributed by atoms with Crippen molar-refractivity contribution in [3.63, 3.8) is 0 Å². The van der Waals surface area contributed by atoms with Gasteiger partial charge in [-0.25, -0.2) is 22.0 Å². The molecule has 0 aromatic heterocycles. The summed E-state index contributed by atoms with van der Waals surface area (Å²) in [6.45, 7) is 0. The Balaban J connectivity index is 1.03. The number of nitrogens with zero attached hydrogens (tertiary/aromatic N) is 2. The summed E-state index contributed by atoms with van der Waals surface area (Å²) in [5.41, 5.74) is 8.51. The summed E-state index contributed by atoms with van der Waals surface area (Å²) in [6.07, 6.45) is 0. The number of hydrogen-bond acceptors (Lipinski definition) is 2. The van der Waals surface area contributed by atoms with Crippen molar-refractivity contribution in [3.05, 3.63) is 210 Å². The van der Waals surface area contributed by atoms with Gasteiger partial charge in [0.15, 0.2) is 34.6 Å². The van der Waals surface area contributed by atoms with E-state index in [1.54, 1.807) is 24.3 Å². The standard InChI is InChI=1S/C48H29F5N2O/c49-44-43(45(50)47(52)48(53)46(44)51)33-17-15-30(16-18-33)31-21-26-38(27-22-31)55(56)41-14-8-7-13-39(41)40-29-34(23-28-42(40)55)32-19-24-37(25-20-32)54(35-9-3-1-4-10-35)36-11-5-2-6-12-36/h1-29H. The molecule has 3 nitrogen and oxygen atoms in total. The summed E-state index contributed by atoms with van der Waals surface area (Å²) in [5, 5.41) is 15.2. The van der Waals surface area contributed by atoms with Crippen LogP contribution >= 0.6 is 0 Å². The summed E-state index contributed by atoms with van der Waals surface area (Å²) in [6, 6.07) is 54.9. The molecule has 0 N–H and O–H groups in total. The van der Waals surface area contributed by atoms with E-state index in [2.05, 4.69) is 59.5 Å². The summed E-state index contributed by atoms with van der Waals surface area (Å²) < 4.78 is 69.4. The molecule has 8 aromatic rings. The van der Waals surface area contributed by atoms with E-state index in [9.17, 15) is 22.0 Å². The summed E-state index contributed by atoms with van der Waals surface area (Å²) in [7, 11) is 0. The third-order valence-corrected chi connectivity index (χ3v) is 10.3. The fourth-order valence-electron chi connectivity index (χ4n) is 7.55. The van der Waals surface area contributed by atoms with E-state index in [0.29, 0.717) is 28.2 Å². The zero-order chi connectivity index (χ0) is 38.6. The van der Waals surface area contributed by atoms with Gasteiger partial charge in [-0.15, -0.1) is 0 Å². The van der Waals surface area contributed by atoms with Gasteiger partial charge in [-0.1, -0.05) is 84.9 Å². The maximum Gasteiger partial charge on any atom is 0.200 e. The molecule has 8 aromatic carbocycles. The molecule has 9 rings (SSSR count). The summed E-state index contributed by atoms with van der Waals surface area (Å²) in [5.74, 6) is -10.00. The van der Waals surface area contributed by atoms with Crippen LogP contribution in [-0.4, -0.2) is 0 Å². The zero-order valence-corrected chi connectivity index (χ0v) is 29.4. The van der Waals surface area contributed by atoms with Crippen molar-refractivity contribution in [2.24, 2.45) is 0 Å². The van der Waals surface area contributed by atoms with E-state index in [4.69, 9.17) is 0 Å². The molecule has 0 bridgehead atoms. The number of quaternary nitrogens is 1. The average Bonchev–Trinajstić information content (AvgIpc) is 3.51. The highest BCUT2D eigenvalue weighted by atomic mass is 19.2. The zero-order valence-electron chi connectivity index (χ0n) is 29.4. The third kappa shape index (κ3) is 5.66. The lowest BCUT2D eigenvalue weighted by Crippen LogP contribution is -2.29. The summed E-state index contributed by atoms with van der Waals surface area (Å²) >= 11 is 0. The van der Waals surface area contributed by atoms with Crippen LogP contribution in [0.25, 0.3) is 44.5 Å². The van der Waals surface area contributed by atoms with Crippen molar-refractivity contribution in [1.29, 1.82) is 0 Å². The Morgan fingerprint density at radius 2 is 0.768 bits per heavy atom. The van der Waals surface area contributed by atoms with Crippen LogP contribution in [0.4, 0.5) is 56.1 Å². The van der Waals surface area contributed by atoms with Crippen molar-refractivity contribution in [3.8, 4) is 44.5 Å². The minimum atomic E-state index is -2.21. The maximum absolute atomic E-state index is 15.2. The first-order chi connectivity index (χ1) is 27.2. The van der Waals surface area contributed by atoms with E-state index >= 15 is 5.21 Å². The molecule has 1 aliphatic rings. The molecule has 0 saturated heterocycles. The maximum atomic E-state index is 15.2. The van der Waals surface area contributed by atoms with Crippen LogP contribution in [0, 0.1) is 34.3 Å². The van der Waals surface area contributed by atoms with Crippen LogP contribution in [0.2, 0.25) is 0 Å². The Bertz CT molecular complexity index is 2670. The Kier molecular flexibility index (Phi) is 8.57. The highest BCUT2D eigenvalue weighted by Crippen LogP contribution is 2.57. The SMILES string of the molecule is [O-][N+]1(c2ccc(-c3ccc(-c4c(F)c(F)c(F)c(F)c4F)cc3)cc2)c2ccccc2-c2cc(-c3ccc(N(c4ccccc4)c4ccccc4)cc3)ccc21. The van der Waals surface area contributed by atoms with E-state index in [0.717, 1.165) is 39.3 Å². The monoisotopic (exact) mass is 744 g/mol. The van der Waals surface area contributed by atoms with Crippen molar-refractivity contribution in [1.82, 2.24) is 4.65 Å². The van der Waals surface area contributed by atoms with Gasteiger partial charge in [0.05, 0.1) is 11.1 Å². The highest BCUT2D eigenvalue weighted by Gasteiger charge is 2.39. The molecule has 1 heterocycles. The first-order valence-electron chi connectivity index (χ1n) is 17.8. The molecule has 56 heavy (non-hydrogen) atoms. The van der Waals surface area contributed by atoms with Crippen LogP contribution in [0.1, 0.15) is 0 Å². The molecule has 272 valence electrons. The number of rotatable bonds is 7. The molecule has 0 aliphatic carbocycles. The molecule has 1 unspecified atom stereocenters. The molecule has 0 fully saturated rings. The van der Waals surface area contributed by atoms with Gasteiger partial charge in [0, 0.05) is 46.9 Å². The molecule has 1 atom stereocenters. The van der Waals surface area contributed by atoms with Crippen LogP contribution in [0.5, 0.6) is 0 Å². The normalized spacial score (nSPS) is 14.3. The Morgan fingerprint density at radius 3 is 1.36 bits per heavy atom. The van der Waals surface area contributed by atoms with Crippen molar-refractivity contribution in [2.75, 3.05) is 4.90 Å². The second-order valence-electron chi connectivity index (χ2n) is 13.5. The van der Waals surface area contributed by atoms with Gasteiger partial charge in [-0.05, 0) is 94.5 Å². The predicted molar refractivity (Wildman–Crippen MR) is 214 cm³/mol. The molecular weight excluding hydrogens is 716 g/mol. The Morgan fingerprint density at radius 1 is 0.357 bits per heavy atom. The average molecular weight is 745 g/mol. The summed E-state index contributed by atoms with van der Waals surface area (Å²) in [4.78, 5) is 2.20. The van der Waals surface area contributed by atoms with Crippen LogP contribution < -0.4 is 9.55 Å². The fourth-order valence-corrected chi connectivity index (χ4v) is 7.55. The minimum Gasteiger partial charge on any atom is -0.616 e. The van der Waals surface area contributed by atoms with E-state index in [-0.39, 0.29) is 5.56 Å². The number of benzene rings is 8. The number of anilines is 3. The van der Waals surface area contributed by atoms with Gasteiger partial charge in [0.25, 0.3) is 0 Å². The van der Waals surface area contributed by atoms with Gasteiger partial charge >= 0.3 is 0 Å². The molecule has 1 aliphatic heterocycles. The van der Waals surface area contributed by atoms with Gasteiger partial charge in [-0.2, -0.15) is 0 Å². The molecule has 0 spiro atoms. The predicted octanol–water partition coefficient (Wildman–Crippen LogP) is 14.3. The van der Waals surface area contributed by atoms with Gasteiger partial charge in [0.1, 0.15) is 5.69 Å². The molecule has 0 amide bonds. The number of para-hydroxylation sites is 3. The van der Waals surface area contributed by atoms with Gasteiger partial charge in [0.2, 0.25) is 5.82 Å². The van der Waals surface area contributed by atoms with Crippen LogP contribution in [0.15, 0.2) is 176 Å². The number of fused-ring (bicyclic) bond motifs is 3. The molecule has 8 heteroatoms. The van der Waals surface area contributed by atoms with E-state index < -0.39 is 39.3 Å². The lowest BCUT2D eigenvalue weighted by Gasteiger charge is -2.38. The molecule has 0 saturated carbocycles. The van der Waals surface area contributed by atoms with Gasteiger partial charge < -0.3 is 10.1 Å². The number of halogens is 5. The molecular formula is C48H29F5N2O. The minimum absolute atomic E-state index is 0.163. The quantitative estimate of drug-likeness (QED) is 0.0534. The Hall–Kier alpha value is -6.87. The largest absolute Gasteiger partial charge is 0.616 e.